The van der Waals surface area contributed by atoms with E-state index in [9.17, 15) is 14.4 Å². The quantitative estimate of drug-likeness (QED) is 0.531. The summed E-state index contributed by atoms with van der Waals surface area (Å²) in [4.78, 5) is 34.1. The molecule has 27 heavy (non-hydrogen) atoms. The second-order valence-corrected chi connectivity index (χ2v) is 5.26. The third kappa shape index (κ3) is 6.36. The molecule has 136 valence electrons. The van der Waals surface area contributed by atoms with Crippen molar-refractivity contribution in [3.8, 4) is 11.8 Å². The number of ether oxygens (including phenoxy) is 1. The Morgan fingerprint density at radius 3 is 2.33 bits per heavy atom. The molecular formula is C19H16N4O4. The second-order valence-electron chi connectivity index (χ2n) is 5.26. The first-order chi connectivity index (χ1) is 13.0. The third-order valence-electron chi connectivity index (χ3n) is 3.22. The number of rotatable bonds is 6. The Hall–Kier alpha value is -4.12. The number of hydrogen-bond acceptors (Lipinski definition) is 5. The lowest BCUT2D eigenvalue weighted by Crippen LogP contribution is -2.35. The number of urea groups is 1. The van der Waals surface area contributed by atoms with E-state index in [-0.39, 0.29) is 18.1 Å². The number of nitriles is 1. The van der Waals surface area contributed by atoms with Gasteiger partial charge >= 0.3 is 6.03 Å². The van der Waals surface area contributed by atoms with Gasteiger partial charge < -0.3 is 15.8 Å². The van der Waals surface area contributed by atoms with Crippen LogP contribution in [0, 0.1) is 11.3 Å². The summed E-state index contributed by atoms with van der Waals surface area (Å²) < 4.78 is 5.39. The Bertz CT molecular complexity index is 900. The molecule has 0 heterocycles. The molecule has 8 nitrogen and oxygen atoms in total. The van der Waals surface area contributed by atoms with Gasteiger partial charge in [-0.2, -0.15) is 5.26 Å². The molecule has 0 unspecified atom stereocenters. The normalized spacial score (nSPS) is 10.4. The number of imide groups is 1. The molecule has 4 N–H and O–H groups in total. The van der Waals surface area contributed by atoms with Gasteiger partial charge in [-0.3, -0.25) is 14.9 Å². The average Bonchev–Trinajstić information content (AvgIpc) is 2.65. The van der Waals surface area contributed by atoms with E-state index < -0.39 is 11.9 Å². The van der Waals surface area contributed by atoms with Crippen LogP contribution in [0.15, 0.2) is 60.2 Å². The molecule has 0 fully saturated rings. The largest absolute Gasteiger partial charge is 0.484 e. The number of nitrogens with one attached hydrogen (secondary N) is 2. The van der Waals surface area contributed by atoms with Crippen LogP contribution in [0.4, 0.5) is 10.5 Å². The van der Waals surface area contributed by atoms with Gasteiger partial charge in [0.25, 0.3) is 11.8 Å². The molecule has 8 heteroatoms. The van der Waals surface area contributed by atoms with Gasteiger partial charge in [-0.15, -0.1) is 0 Å². The Kier molecular flexibility index (Phi) is 6.68. The SMILES string of the molecule is N#C/C(=C/c1ccc(OCC(=O)Nc2ccccc2)cc1)C(=O)NC(N)=O. The predicted octanol–water partition coefficient (Wildman–Crippen LogP) is 1.81. The first kappa shape index (κ1) is 19.2. The number of primary amides is 1. The summed E-state index contributed by atoms with van der Waals surface area (Å²) in [7, 11) is 0. The second kappa shape index (κ2) is 9.39. The van der Waals surface area contributed by atoms with E-state index >= 15 is 0 Å². The number of benzene rings is 2. The van der Waals surface area contributed by atoms with Crippen molar-refractivity contribution in [3.05, 3.63) is 65.7 Å². The molecular weight excluding hydrogens is 348 g/mol. The molecule has 0 aliphatic heterocycles. The number of amides is 4. The van der Waals surface area contributed by atoms with Gasteiger partial charge in [0.2, 0.25) is 0 Å². The molecule has 2 aromatic rings. The lowest BCUT2D eigenvalue weighted by Gasteiger charge is -2.07. The summed E-state index contributed by atoms with van der Waals surface area (Å²) in [6, 6.07) is 16.0. The number of hydrogen-bond donors (Lipinski definition) is 3. The van der Waals surface area contributed by atoms with Crippen LogP contribution in [-0.2, 0) is 9.59 Å². The first-order valence-corrected chi connectivity index (χ1v) is 7.78. The van der Waals surface area contributed by atoms with Crippen LogP contribution in [0.3, 0.4) is 0 Å². The number of para-hydroxylation sites is 1. The fourth-order valence-corrected chi connectivity index (χ4v) is 2.02. The van der Waals surface area contributed by atoms with Crippen LogP contribution in [0.5, 0.6) is 5.75 Å². The van der Waals surface area contributed by atoms with E-state index in [2.05, 4.69) is 5.32 Å². The Morgan fingerprint density at radius 1 is 1.07 bits per heavy atom. The highest BCUT2D eigenvalue weighted by molar-refractivity contribution is 6.08. The number of anilines is 1. The maximum Gasteiger partial charge on any atom is 0.319 e. The predicted molar refractivity (Wildman–Crippen MR) is 98.3 cm³/mol. The molecule has 4 amide bonds. The number of carbonyl (C=O) groups is 3. The van der Waals surface area contributed by atoms with E-state index in [1.165, 1.54) is 6.08 Å². The van der Waals surface area contributed by atoms with Gasteiger partial charge in [-0.1, -0.05) is 30.3 Å². The molecule has 0 bridgehead atoms. The lowest BCUT2D eigenvalue weighted by molar-refractivity contribution is -0.118. The van der Waals surface area contributed by atoms with E-state index in [0.29, 0.717) is 17.0 Å². The average molecular weight is 364 g/mol. The molecule has 0 spiro atoms. The van der Waals surface area contributed by atoms with Crippen molar-refractivity contribution in [2.24, 2.45) is 5.73 Å². The molecule has 0 saturated heterocycles. The molecule has 2 aromatic carbocycles. The zero-order valence-electron chi connectivity index (χ0n) is 14.1. The Balaban J connectivity index is 1.93. The fraction of sp³-hybridized carbons (Fsp3) is 0.0526. The van der Waals surface area contributed by atoms with Crippen LogP contribution in [-0.4, -0.2) is 24.5 Å². The number of nitrogens with two attached hydrogens (primary N) is 1. The van der Waals surface area contributed by atoms with Crippen LogP contribution in [0.2, 0.25) is 0 Å². The van der Waals surface area contributed by atoms with Crippen molar-refractivity contribution in [1.82, 2.24) is 5.32 Å². The molecule has 0 radical (unpaired) electrons. The summed E-state index contributed by atoms with van der Waals surface area (Å²) in [6.45, 7) is -0.172. The van der Waals surface area contributed by atoms with Gasteiger partial charge in [-0.25, -0.2) is 4.79 Å². The highest BCUT2D eigenvalue weighted by Gasteiger charge is 2.11. The van der Waals surface area contributed by atoms with E-state index in [1.807, 2.05) is 23.5 Å². The topological polar surface area (TPSA) is 134 Å². The summed E-state index contributed by atoms with van der Waals surface area (Å²) in [5.74, 6) is -0.751. The van der Waals surface area contributed by atoms with Crippen molar-refractivity contribution in [1.29, 1.82) is 5.26 Å². The molecule has 0 saturated carbocycles. The van der Waals surface area contributed by atoms with Crippen molar-refractivity contribution in [2.75, 3.05) is 11.9 Å². The van der Waals surface area contributed by atoms with E-state index in [4.69, 9.17) is 15.7 Å². The van der Waals surface area contributed by atoms with Crippen molar-refractivity contribution in [2.45, 2.75) is 0 Å². The van der Waals surface area contributed by atoms with Gasteiger partial charge in [0.15, 0.2) is 6.61 Å². The number of carbonyl (C=O) groups excluding carboxylic acids is 3. The number of nitrogens with zero attached hydrogens (tertiary/aromatic N) is 1. The summed E-state index contributed by atoms with van der Waals surface area (Å²) >= 11 is 0. The maximum absolute atomic E-state index is 11.8. The minimum absolute atomic E-state index is 0.172. The molecule has 2 rings (SSSR count). The zero-order chi connectivity index (χ0) is 19.6. The standard InChI is InChI=1S/C19H16N4O4/c20-11-14(18(25)23-19(21)26)10-13-6-8-16(9-7-13)27-12-17(24)22-15-4-2-1-3-5-15/h1-10H,12H2,(H,22,24)(H3,21,23,25,26)/b14-10-. The molecule has 0 atom stereocenters. The van der Waals surface area contributed by atoms with Crippen LogP contribution >= 0.6 is 0 Å². The van der Waals surface area contributed by atoms with Crippen molar-refractivity contribution < 1.29 is 19.1 Å². The minimum atomic E-state index is -1.04. The molecule has 0 aliphatic rings. The van der Waals surface area contributed by atoms with Gasteiger partial charge in [-0.05, 0) is 35.9 Å². The fourth-order valence-electron chi connectivity index (χ4n) is 2.02. The first-order valence-electron chi connectivity index (χ1n) is 7.78. The van der Waals surface area contributed by atoms with Crippen LogP contribution in [0.25, 0.3) is 6.08 Å². The zero-order valence-corrected chi connectivity index (χ0v) is 14.1. The Labute approximate surface area is 155 Å². The van der Waals surface area contributed by atoms with Crippen molar-refractivity contribution in [3.63, 3.8) is 0 Å². The van der Waals surface area contributed by atoms with Crippen molar-refractivity contribution >= 4 is 29.6 Å². The van der Waals surface area contributed by atoms with Crippen LogP contribution in [0.1, 0.15) is 5.56 Å². The summed E-state index contributed by atoms with van der Waals surface area (Å²) in [5, 5.41) is 13.5. The van der Waals surface area contributed by atoms with E-state index in [1.54, 1.807) is 42.5 Å². The maximum atomic E-state index is 11.8. The molecule has 0 aliphatic carbocycles. The van der Waals surface area contributed by atoms with E-state index in [0.717, 1.165) is 0 Å². The summed E-state index contributed by atoms with van der Waals surface area (Å²) in [5.41, 5.74) is 5.78. The molecule has 0 aromatic heterocycles. The van der Waals surface area contributed by atoms with Gasteiger partial charge in [0, 0.05) is 5.69 Å². The highest BCUT2D eigenvalue weighted by Crippen LogP contribution is 2.15. The third-order valence-corrected chi connectivity index (χ3v) is 3.22. The van der Waals surface area contributed by atoms with Gasteiger partial charge in [0.1, 0.15) is 17.4 Å². The highest BCUT2D eigenvalue weighted by atomic mass is 16.5. The minimum Gasteiger partial charge on any atom is -0.484 e. The monoisotopic (exact) mass is 364 g/mol. The Morgan fingerprint density at radius 2 is 1.74 bits per heavy atom. The van der Waals surface area contributed by atoms with Gasteiger partial charge in [0.05, 0.1) is 0 Å². The summed E-state index contributed by atoms with van der Waals surface area (Å²) in [6.07, 6.45) is 1.30. The smallest absolute Gasteiger partial charge is 0.319 e. The van der Waals surface area contributed by atoms with Crippen LogP contribution < -0.4 is 21.1 Å². The lowest BCUT2D eigenvalue weighted by atomic mass is 10.1.